The van der Waals surface area contributed by atoms with Gasteiger partial charge >= 0.3 is 0 Å². The summed E-state index contributed by atoms with van der Waals surface area (Å²) in [5.41, 5.74) is 12.4. The van der Waals surface area contributed by atoms with Crippen LogP contribution in [0.15, 0.2) is 78.9 Å². The largest absolute Gasteiger partial charge is 0.372 e. The van der Waals surface area contributed by atoms with Crippen LogP contribution in [0.3, 0.4) is 0 Å². The molecule has 0 aliphatic rings. The van der Waals surface area contributed by atoms with Crippen molar-refractivity contribution in [3.8, 4) is 11.3 Å². The molecule has 0 spiro atoms. The summed E-state index contributed by atoms with van der Waals surface area (Å²) in [6, 6.07) is 28.2. The highest BCUT2D eigenvalue weighted by molar-refractivity contribution is 5.63. The molecule has 180 valence electrons. The first-order valence-electron chi connectivity index (χ1n) is 12.9. The summed E-state index contributed by atoms with van der Waals surface area (Å²) in [5, 5.41) is 4.03. The van der Waals surface area contributed by atoms with E-state index in [1.165, 1.54) is 39.1 Å². The lowest BCUT2D eigenvalue weighted by molar-refractivity contribution is 0.824. The Labute approximate surface area is 211 Å². The third-order valence-electron chi connectivity index (χ3n) is 6.78. The van der Waals surface area contributed by atoms with E-state index in [4.69, 9.17) is 4.98 Å². The normalized spacial score (nSPS) is 12.1. The summed E-state index contributed by atoms with van der Waals surface area (Å²) in [7, 11) is 0. The standard InChI is InChI=1S/C33H38N2/c1-7-13-27-16-11-17-28(22(2)3)32(27)35-33(31-24(5)20-23(4)21-25(31)6)30-19-12-18-29(34-30)26-14-9-8-10-15-26/h8-12,14-22,33,35H,7,13H2,1-6H3. The number of rotatable bonds is 8. The molecule has 1 heterocycles. The van der Waals surface area contributed by atoms with Crippen LogP contribution in [0.4, 0.5) is 5.69 Å². The molecule has 35 heavy (non-hydrogen) atoms. The molecule has 4 rings (SSSR count). The quantitative estimate of drug-likeness (QED) is 0.283. The third-order valence-corrected chi connectivity index (χ3v) is 6.78. The zero-order chi connectivity index (χ0) is 24.9. The smallest absolute Gasteiger partial charge is 0.0945 e. The molecule has 3 aromatic carbocycles. The van der Waals surface area contributed by atoms with Gasteiger partial charge in [0.2, 0.25) is 0 Å². The molecule has 1 aromatic heterocycles. The number of para-hydroxylation sites is 1. The lowest BCUT2D eigenvalue weighted by atomic mass is 9.90. The predicted octanol–water partition coefficient (Wildman–Crippen LogP) is 8.95. The van der Waals surface area contributed by atoms with Gasteiger partial charge in [0, 0.05) is 11.3 Å². The van der Waals surface area contributed by atoms with Gasteiger partial charge in [-0.15, -0.1) is 0 Å². The predicted molar refractivity (Wildman–Crippen MR) is 150 cm³/mol. The number of hydrogen-bond acceptors (Lipinski definition) is 2. The molecule has 0 fully saturated rings. The Morgan fingerprint density at radius 1 is 0.800 bits per heavy atom. The van der Waals surface area contributed by atoms with Crippen LogP contribution in [0.2, 0.25) is 0 Å². The van der Waals surface area contributed by atoms with Crippen molar-refractivity contribution in [2.75, 3.05) is 5.32 Å². The van der Waals surface area contributed by atoms with E-state index >= 15 is 0 Å². The van der Waals surface area contributed by atoms with Crippen molar-refractivity contribution in [2.45, 2.75) is 66.3 Å². The van der Waals surface area contributed by atoms with Crippen molar-refractivity contribution in [1.29, 1.82) is 0 Å². The first kappa shape index (κ1) is 24.7. The molecular weight excluding hydrogens is 424 g/mol. The molecule has 0 bridgehead atoms. The maximum atomic E-state index is 5.21. The molecular formula is C33H38N2. The van der Waals surface area contributed by atoms with Crippen molar-refractivity contribution < 1.29 is 0 Å². The van der Waals surface area contributed by atoms with Crippen LogP contribution in [0, 0.1) is 20.8 Å². The second-order valence-electron chi connectivity index (χ2n) is 9.99. The van der Waals surface area contributed by atoms with Crippen molar-refractivity contribution in [3.63, 3.8) is 0 Å². The number of anilines is 1. The lowest BCUT2D eigenvalue weighted by Crippen LogP contribution is -2.19. The number of pyridine rings is 1. The second-order valence-corrected chi connectivity index (χ2v) is 9.99. The van der Waals surface area contributed by atoms with Gasteiger partial charge in [0.1, 0.15) is 0 Å². The Hall–Kier alpha value is -3.39. The highest BCUT2D eigenvalue weighted by Crippen LogP contribution is 2.37. The highest BCUT2D eigenvalue weighted by Gasteiger charge is 2.23. The zero-order valence-corrected chi connectivity index (χ0v) is 22.0. The fourth-order valence-corrected chi connectivity index (χ4v) is 5.22. The molecule has 0 aliphatic heterocycles. The monoisotopic (exact) mass is 462 g/mol. The van der Waals surface area contributed by atoms with Crippen LogP contribution >= 0.6 is 0 Å². The highest BCUT2D eigenvalue weighted by atomic mass is 15.0. The van der Waals surface area contributed by atoms with Crippen LogP contribution in [0.5, 0.6) is 0 Å². The van der Waals surface area contributed by atoms with E-state index in [0.717, 1.165) is 29.8 Å². The topological polar surface area (TPSA) is 24.9 Å². The summed E-state index contributed by atoms with van der Waals surface area (Å²) in [4.78, 5) is 5.21. The van der Waals surface area contributed by atoms with Crippen molar-refractivity contribution in [1.82, 2.24) is 4.98 Å². The van der Waals surface area contributed by atoms with Gasteiger partial charge in [0.25, 0.3) is 0 Å². The van der Waals surface area contributed by atoms with Gasteiger partial charge < -0.3 is 5.32 Å². The van der Waals surface area contributed by atoms with Crippen molar-refractivity contribution in [3.05, 3.63) is 118 Å². The fraction of sp³-hybridized carbons (Fsp3) is 0.303. The summed E-state index contributed by atoms with van der Waals surface area (Å²) in [6.07, 6.45) is 2.17. The summed E-state index contributed by atoms with van der Waals surface area (Å²) >= 11 is 0. The maximum absolute atomic E-state index is 5.21. The fourth-order valence-electron chi connectivity index (χ4n) is 5.22. The lowest BCUT2D eigenvalue weighted by Gasteiger charge is -2.28. The minimum Gasteiger partial charge on any atom is -0.372 e. The molecule has 2 heteroatoms. The molecule has 0 saturated carbocycles. The molecule has 0 aliphatic carbocycles. The SMILES string of the molecule is CCCc1cccc(C(C)C)c1NC(c1cccc(-c2ccccc2)n1)c1c(C)cc(C)cc1C. The van der Waals surface area contributed by atoms with Gasteiger partial charge in [-0.3, -0.25) is 4.98 Å². The van der Waals surface area contributed by atoms with E-state index in [1.54, 1.807) is 0 Å². The van der Waals surface area contributed by atoms with E-state index < -0.39 is 0 Å². The Kier molecular flexibility index (Phi) is 7.70. The minimum absolute atomic E-state index is 0.0465. The van der Waals surface area contributed by atoms with Gasteiger partial charge in [-0.1, -0.05) is 99.5 Å². The first-order valence-corrected chi connectivity index (χ1v) is 12.9. The number of nitrogens with zero attached hydrogens (tertiary/aromatic N) is 1. The van der Waals surface area contributed by atoms with Gasteiger partial charge in [-0.05, 0) is 73.1 Å². The van der Waals surface area contributed by atoms with E-state index in [1.807, 2.05) is 0 Å². The van der Waals surface area contributed by atoms with E-state index in [0.29, 0.717) is 5.92 Å². The Bertz CT molecular complexity index is 1260. The first-order chi connectivity index (χ1) is 16.9. The Morgan fingerprint density at radius 3 is 2.14 bits per heavy atom. The molecule has 1 atom stereocenters. The summed E-state index contributed by atoms with van der Waals surface area (Å²) < 4.78 is 0. The van der Waals surface area contributed by atoms with Gasteiger partial charge in [-0.25, -0.2) is 0 Å². The van der Waals surface area contributed by atoms with Crippen LogP contribution in [-0.4, -0.2) is 4.98 Å². The number of hydrogen-bond donors (Lipinski definition) is 1. The van der Waals surface area contributed by atoms with Crippen LogP contribution < -0.4 is 5.32 Å². The second kappa shape index (κ2) is 10.9. The third kappa shape index (κ3) is 5.48. The molecule has 2 nitrogen and oxygen atoms in total. The Morgan fingerprint density at radius 2 is 1.49 bits per heavy atom. The van der Waals surface area contributed by atoms with E-state index in [9.17, 15) is 0 Å². The van der Waals surface area contributed by atoms with E-state index in [2.05, 4.69) is 126 Å². The maximum Gasteiger partial charge on any atom is 0.0945 e. The zero-order valence-electron chi connectivity index (χ0n) is 22.0. The van der Waals surface area contributed by atoms with Crippen LogP contribution in [0.25, 0.3) is 11.3 Å². The number of benzene rings is 3. The molecule has 1 unspecified atom stereocenters. The molecule has 0 saturated heterocycles. The number of nitrogens with one attached hydrogen (secondary N) is 1. The average Bonchev–Trinajstić information content (AvgIpc) is 2.84. The summed E-state index contributed by atoms with van der Waals surface area (Å²) in [6.45, 7) is 13.4. The van der Waals surface area contributed by atoms with Gasteiger partial charge in [-0.2, -0.15) is 0 Å². The average molecular weight is 463 g/mol. The number of aromatic nitrogens is 1. The summed E-state index contributed by atoms with van der Waals surface area (Å²) in [5.74, 6) is 0.429. The van der Waals surface area contributed by atoms with Crippen molar-refractivity contribution >= 4 is 5.69 Å². The van der Waals surface area contributed by atoms with E-state index in [-0.39, 0.29) is 6.04 Å². The van der Waals surface area contributed by atoms with Crippen molar-refractivity contribution in [2.24, 2.45) is 0 Å². The van der Waals surface area contributed by atoms with Crippen LogP contribution in [-0.2, 0) is 6.42 Å². The molecule has 0 radical (unpaired) electrons. The van der Waals surface area contributed by atoms with Crippen LogP contribution in [0.1, 0.15) is 78.2 Å². The van der Waals surface area contributed by atoms with Gasteiger partial charge in [0.05, 0.1) is 17.4 Å². The Balaban J connectivity index is 1.91. The molecule has 0 amide bonds. The molecule has 1 N–H and O–H groups in total. The minimum atomic E-state index is -0.0465. The van der Waals surface area contributed by atoms with Gasteiger partial charge in [0.15, 0.2) is 0 Å². The molecule has 4 aromatic rings. The number of aryl methyl sites for hydroxylation is 4.